The van der Waals surface area contributed by atoms with E-state index in [-0.39, 0.29) is 7.43 Å². The van der Waals surface area contributed by atoms with Crippen LogP contribution in [0.15, 0.2) is 0 Å². The van der Waals surface area contributed by atoms with Crippen molar-refractivity contribution >= 4 is 0 Å². The van der Waals surface area contributed by atoms with Gasteiger partial charge in [-0.1, -0.05) is 54.4 Å². The van der Waals surface area contributed by atoms with Gasteiger partial charge < -0.3 is 0 Å². The maximum Gasteiger partial charge on any atom is -0.0471 e. The van der Waals surface area contributed by atoms with E-state index in [2.05, 4.69) is 27.7 Å². The van der Waals surface area contributed by atoms with Crippen molar-refractivity contribution in [3.05, 3.63) is 0 Å². The Labute approximate surface area is 67.0 Å². The van der Waals surface area contributed by atoms with Gasteiger partial charge in [0.15, 0.2) is 0 Å². The first-order valence-corrected chi connectivity index (χ1v) is 4.13. The Hall–Kier alpha value is 0. The van der Waals surface area contributed by atoms with Gasteiger partial charge in [0.05, 0.1) is 0 Å². The van der Waals surface area contributed by atoms with Gasteiger partial charge in [0.25, 0.3) is 0 Å². The third kappa shape index (κ3) is 10.9. The molecule has 0 saturated carbocycles. The lowest BCUT2D eigenvalue weighted by Crippen LogP contribution is -1.90. The third-order valence-electron chi connectivity index (χ3n) is 1.56. The van der Waals surface area contributed by atoms with Gasteiger partial charge in [-0.2, -0.15) is 0 Å². The summed E-state index contributed by atoms with van der Waals surface area (Å²) >= 11 is 0. The standard InChI is InChI=1S/C9H20.CH4/c1-8(2)6-5-7-9(3)4;/h8-9H,5-7H2,1-4H3;1H4. The molecular weight excluding hydrogens is 120 g/mol. The number of rotatable bonds is 4. The molecule has 0 amide bonds. The van der Waals surface area contributed by atoms with E-state index in [4.69, 9.17) is 0 Å². The quantitative estimate of drug-likeness (QED) is 0.557. The Morgan fingerprint density at radius 3 is 1.30 bits per heavy atom. The highest BCUT2D eigenvalue weighted by atomic mass is 14.0. The van der Waals surface area contributed by atoms with Crippen molar-refractivity contribution in [2.75, 3.05) is 0 Å². The lowest BCUT2D eigenvalue weighted by Gasteiger charge is -2.05. The molecule has 0 nitrogen and oxygen atoms in total. The van der Waals surface area contributed by atoms with E-state index in [0.717, 1.165) is 11.8 Å². The van der Waals surface area contributed by atoms with E-state index in [9.17, 15) is 0 Å². The second-order valence-electron chi connectivity index (χ2n) is 3.72. The molecule has 64 valence electrons. The first-order valence-electron chi connectivity index (χ1n) is 4.13. The SMILES string of the molecule is C.CC(C)CCCC(C)C. The van der Waals surface area contributed by atoms with E-state index in [1.807, 2.05) is 0 Å². The summed E-state index contributed by atoms with van der Waals surface area (Å²) in [6, 6.07) is 0. The van der Waals surface area contributed by atoms with Crippen LogP contribution in [0.1, 0.15) is 54.4 Å². The fourth-order valence-electron chi connectivity index (χ4n) is 0.934. The maximum absolute atomic E-state index is 2.29. The van der Waals surface area contributed by atoms with Crippen LogP contribution >= 0.6 is 0 Å². The van der Waals surface area contributed by atoms with Crippen LogP contribution in [-0.2, 0) is 0 Å². The van der Waals surface area contributed by atoms with Gasteiger partial charge in [0, 0.05) is 0 Å². The lowest BCUT2D eigenvalue weighted by molar-refractivity contribution is 0.480. The predicted octanol–water partition coefficient (Wildman–Crippen LogP) is 4.10. The normalized spacial score (nSPS) is 10.2. The molecule has 0 spiro atoms. The molecule has 0 rings (SSSR count). The first-order chi connectivity index (χ1) is 4.13. The summed E-state index contributed by atoms with van der Waals surface area (Å²) in [6.07, 6.45) is 4.21. The van der Waals surface area contributed by atoms with E-state index in [0.29, 0.717) is 0 Å². The summed E-state index contributed by atoms with van der Waals surface area (Å²) in [6.45, 7) is 9.17. The monoisotopic (exact) mass is 144 g/mol. The van der Waals surface area contributed by atoms with Crippen molar-refractivity contribution in [1.29, 1.82) is 0 Å². The highest BCUT2D eigenvalue weighted by molar-refractivity contribution is 4.49. The predicted molar refractivity (Wildman–Crippen MR) is 50.3 cm³/mol. The van der Waals surface area contributed by atoms with Crippen LogP contribution in [0.2, 0.25) is 0 Å². The minimum Gasteiger partial charge on any atom is -0.0776 e. The van der Waals surface area contributed by atoms with Crippen LogP contribution < -0.4 is 0 Å². The molecule has 0 heteroatoms. The Balaban J connectivity index is 0. The zero-order valence-electron chi connectivity index (χ0n) is 7.28. The highest BCUT2D eigenvalue weighted by Gasteiger charge is 1.95. The Morgan fingerprint density at radius 2 is 1.10 bits per heavy atom. The van der Waals surface area contributed by atoms with Gasteiger partial charge in [-0.15, -0.1) is 0 Å². The summed E-state index contributed by atoms with van der Waals surface area (Å²) in [7, 11) is 0. The van der Waals surface area contributed by atoms with E-state index >= 15 is 0 Å². The molecule has 0 saturated heterocycles. The van der Waals surface area contributed by atoms with Crippen LogP contribution in [0.25, 0.3) is 0 Å². The molecule has 0 aromatic rings. The molecule has 0 radical (unpaired) electrons. The maximum atomic E-state index is 2.29. The molecule has 0 bridgehead atoms. The first kappa shape index (κ1) is 12.7. The van der Waals surface area contributed by atoms with Gasteiger partial charge in [0.2, 0.25) is 0 Å². The zero-order valence-corrected chi connectivity index (χ0v) is 7.28. The average Bonchev–Trinajstić information content (AvgIpc) is 1.63. The highest BCUT2D eigenvalue weighted by Crippen LogP contribution is 2.10. The fourth-order valence-corrected chi connectivity index (χ4v) is 0.934. The van der Waals surface area contributed by atoms with E-state index in [1.165, 1.54) is 19.3 Å². The van der Waals surface area contributed by atoms with Gasteiger partial charge in [-0.25, -0.2) is 0 Å². The van der Waals surface area contributed by atoms with Gasteiger partial charge in [-0.05, 0) is 11.8 Å². The molecule has 0 aromatic carbocycles. The van der Waals surface area contributed by atoms with E-state index < -0.39 is 0 Å². The molecule has 0 aromatic heterocycles. The Bertz CT molecular complexity index is 45.1. The molecule has 0 N–H and O–H groups in total. The smallest absolute Gasteiger partial charge is 0.0471 e. The van der Waals surface area contributed by atoms with E-state index in [1.54, 1.807) is 0 Å². The summed E-state index contributed by atoms with van der Waals surface area (Å²) in [5.74, 6) is 1.78. The summed E-state index contributed by atoms with van der Waals surface area (Å²) in [4.78, 5) is 0. The molecule has 0 heterocycles. The van der Waals surface area contributed by atoms with Crippen LogP contribution in [0.3, 0.4) is 0 Å². The molecule has 0 unspecified atom stereocenters. The Kier molecular flexibility index (Phi) is 9.00. The van der Waals surface area contributed by atoms with Crippen molar-refractivity contribution in [2.24, 2.45) is 11.8 Å². The third-order valence-corrected chi connectivity index (χ3v) is 1.56. The molecule has 0 atom stereocenters. The second-order valence-corrected chi connectivity index (χ2v) is 3.72. The lowest BCUT2D eigenvalue weighted by atomic mass is 10.0. The van der Waals surface area contributed by atoms with Gasteiger partial charge >= 0.3 is 0 Å². The van der Waals surface area contributed by atoms with Crippen LogP contribution in [0.4, 0.5) is 0 Å². The van der Waals surface area contributed by atoms with Crippen LogP contribution in [-0.4, -0.2) is 0 Å². The minimum atomic E-state index is 0. The van der Waals surface area contributed by atoms with Gasteiger partial charge in [-0.3, -0.25) is 0 Å². The summed E-state index contributed by atoms with van der Waals surface area (Å²) in [5, 5.41) is 0. The minimum absolute atomic E-state index is 0. The largest absolute Gasteiger partial charge is 0.0776 e. The molecular formula is C10H24. The molecule has 0 aliphatic carbocycles. The van der Waals surface area contributed by atoms with Crippen molar-refractivity contribution in [2.45, 2.75) is 54.4 Å². The van der Waals surface area contributed by atoms with Crippen LogP contribution in [0, 0.1) is 11.8 Å². The molecule has 0 fully saturated rings. The Morgan fingerprint density at radius 1 is 0.800 bits per heavy atom. The number of hydrogen-bond acceptors (Lipinski definition) is 0. The molecule has 10 heavy (non-hydrogen) atoms. The summed E-state index contributed by atoms with van der Waals surface area (Å²) < 4.78 is 0. The topological polar surface area (TPSA) is 0 Å². The van der Waals surface area contributed by atoms with Crippen molar-refractivity contribution in [3.63, 3.8) is 0 Å². The van der Waals surface area contributed by atoms with Crippen LogP contribution in [0.5, 0.6) is 0 Å². The van der Waals surface area contributed by atoms with Gasteiger partial charge in [0.1, 0.15) is 0 Å². The molecule has 0 aliphatic rings. The molecule has 0 aliphatic heterocycles. The summed E-state index contributed by atoms with van der Waals surface area (Å²) in [5.41, 5.74) is 0. The van der Waals surface area contributed by atoms with Crippen molar-refractivity contribution in [3.8, 4) is 0 Å². The van der Waals surface area contributed by atoms with Crippen molar-refractivity contribution in [1.82, 2.24) is 0 Å². The van der Waals surface area contributed by atoms with Crippen molar-refractivity contribution < 1.29 is 0 Å². The average molecular weight is 144 g/mol. The second kappa shape index (κ2) is 7.11. The fraction of sp³-hybridized carbons (Fsp3) is 1.00. The zero-order chi connectivity index (χ0) is 7.28. The number of hydrogen-bond donors (Lipinski definition) is 0.